The van der Waals surface area contributed by atoms with Gasteiger partial charge in [0, 0.05) is 5.54 Å². The van der Waals surface area contributed by atoms with Gasteiger partial charge in [0.2, 0.25) is 0 Å². The van der Waals surface area contributed by atoms with Gasteiger partial charge in [-0.15, -0.1) is 0 Å². The van der Waals surface area contributed by atoms with Crippen molar-refractivity contribution >= 4 is 12.2 Å². The van der Waals surface area contributed by atoms with Crippen LogP contribution in [0.3, 0.4) is 0 Å². The van der Waals surface area contributed by atoms with E-state index in [2.05, 4.69) is 80.4 Å². The second kappa shape index (κ2) is 5.58. The lowest BCUT2D eigenvalue weighted by Crippen LogP contribution is -2.37. The number of allylic oxidation sites excluding steroid dienone is 5. The van der Waals surface area contributed by atoms with Crippen LogP contribution in [0.15, 0.2) is 65.8 Å². The summed E-state index contributed by atoms with van der Waals surface area (Å²) in [4.78, 5) is 0. The first-order valence-electron chi connectivity index (χ1n) is 7.78. The molecule has 1 aromatic carbocycles. The van der Waals surface area contributed by atoms with E-state index in [4.69, 9.17) is 0 Å². The molecule has 0 radical (unpaired) electrons. The molecule has 1 aromatic rings. The molecule has 0 fully saturated rings. The largest absolute Gasteiger partial charge is 0.311 e. The van der Waals surface area contributed by atoms with Gasteiger partial charge >= 0.3 is 0 Å². The molecule has 0 heterocycles. The fourth-order valence-corrected chi connectivity index (χ4v) is 2.89. The SMILES string of the molecule is C=C1C=Cc2cccc3c2CC(=CC(C(C)(C)NC)=C1)C=C3. The lowest BCUT2D eigenvalue weighted by Gasteiger charge is -2.28. The maximum atomic E-state index is 4.19. The van der Waals surface area contributed by atoms with Crippen molar-refractivity contribution in [1.29, 1.82) is 0 Å². The number of likely N-dealkylation sites (N-methyl/N-ethyl adjacent to an activating group) is 1. The Labute approximate surface area is 133 Å². The molecule has 0 saturated carbocycles. The highest BCUT2D eigenvalue weighted by molar-refractivity contribution is 5.71. The third kappa shape index (κ3) is 2.77. The molecule has 0 aromatic heterocycles. The van der Waals surface area contributed by atoms with Gasteiger partial charge in [-0.2, -0.15) is 0 Å². The van der Waals surface area contributed by atoms with Crippen LogP contribution < -0.4 is 5.32 Å². The number of rotatable bonds is 2. The van der Waals surface area contributed by atoms with Gasteiger partial charge in [0.1, 0.15) is 0 Å². The molecule has 22 heavy (non-hydrogen) atoms. The topological polar surface area (TPSA) is 12.0 Å². The highest BCUT2D eigenvalue weighted by Gasteiger charge is 2.21. The second-order valence-electron chi connectivity index (χ2n) is 6.53. The lowest BCUT2D eigenvalue weighted by molar-refractivity contribution is 0.506. The molecular formula is C21H23N. The summed E-state index contributed by atoms with van der Waals surface area (Å²) >= 11 is 0. The molecule has 112 valence electrons. The molecule has 1 heteroatoms. The zero-order valence-corrected chi connectivity index (χ0v) is 13.6. The third-order valence-corrected chi connectivity index (χ3v) is 4.61. The summed E-state index contributed by atoms with van der Waals surface area (Å²) in [5, 5.41) is 3.39. The van der Waals surface area contributed by atoms with Crippen LogP contribution in [0.5, 0.6) is 0 Å². The van der Waals surface area contributed by atoms with Gasteiger partial charge < -0.3 is 5.32 Å². The molecule has 0 aliphatic heterocycles. The Morgan fingerprint density at radius 2 is 1.68 bits per heavy atom. The number of hydrogen-bond donors (Lipinski definition) is 1. The van der Waals surface area contributed by atoms with Gasteiger partial charge in [-0.1, -0.05) is 61.2 Å². The van der Waals surface area contributed by atoms with E-state index < -0.39 is 0 Å². The Hall–Kier alpha value is -2.12. The molecule has 0 atom stereocenters. The Balaban J connectivity index is 2.17. The fourth-order valence-electron chi connectivity index (χ4n) is 2.89. The van der Waals surface area contributed by atoms with Crippen molar-refractivity contribution in [3.63, 3.8) is 0 Å². The fraction of sp³-hybridized carbons (Fsp3) is 0.238. The molecule has 1 N–H and O–H groups in total. The van der Waals surface area contributed by atoms with Crippen molar-refractivity contribution in [2.45, 2.75) is 25.8 Å². The average Bonchev–Trinajstić information content (AvgIpc) is 2.52. The van der Waals surface area contributed by atoms with E-state index in [0.717, 1.165) is 12.0 Å². The normalized spacial score (nSPS) is 17.1. The monoisotopic (exact) mass is 289 g/mol. The number of hydrogen-bond acceptors (Lipinski definition) is 1. The Morgan fingerprint density at radius 3 is 2.36 bits per heavy atom. The average molecular weight is 289 g/mol. The predicted octanol–water partition coefficient (Wildman–Crippen LogP) is 4.69. The van der Waals surface area contributed by atoms with Crippen LogP contribution >= 0.6 is 0 Å². The van der Waals surface area contributed by atoms with E-state index in [9.17, 15) is 0 Å². The minimum Gasteiger partial charge on any atom is -0.311 e. The summed E-state index contributed by atoms with van der Waals surface area (Å²) in [6.07, 6.45) is 14.2. The van der Waals surface area contributed by atoms with Crippen LogP contribution in [0, 0.1) is 0 Å². The molecule has 2 bridgehead atoms. The Kier molecular flexibility index (Phi) is 3.76. The summed E-state index contributed by atoms with van der Waals surface area (Å²) in [6.45, 7) is 8.58. The Morgan fingerprint density at radius 1 is 1.00 bits per heavy atom. The van der Waals surface area contributed by atoms with Crippen molar-refractivity contribution in [2.24, 2.45) is 0 Å². The van der Waals surface area contributed by atoms with Crippen LogP contribution in [-0.4, -0.2) is 12.6 Å². The molecule has 0 saturated heterocycles. The smallest absolute Gasteiger partial charge is 0.0375 e. The van der Waals surface area contributed by atoms with Crippen molar-refractivity contribution in [2.75, 3.05) is 7.05 Å². The van der Waals surface area contributed by atoms with Crippen LogP contribution in [0.25, 0.3) is 12.2 Å². The standard InChI is InChI=1S/C21H23N/c1-15-8-10-17-6-5-7-18-11-9-16(14-20(17)18)13-19(12-15)21(2,3)22-4/h5-13,22H,1,14H2,2-4H3. The van der Waals surface area contributed by atoms with Gasteiger partial charge in [-0.3, -0.25) is 0 Å². The Bertz CT molecular complexity index is 739. The predicted molar refractivity (Wildman–Crippen MR) is 96.7 cm³/mol. The highest BCUT2D eigenvalue weighted by Crippen LogP contribution is 2.30. The maximum Gasteiger partial charge on any atom is 0.0375 e. The first-order chi connectivity index (χ1) is 10.5. The van der Waals surface area contributed by atoms with Crippen molar-refractivity contribution in [3.05, 3.63) is 82.5 Å². The zero-order valence-electron chi connectivity index (χ0n) is 13.6. The van der Waals surface area contributed by atoms with Crippen LogP contribution in [0.1, 0.15) is 30.5 Å². The van der Waals surface area contributed by atoms with Crippen molar-refractivity contribution in [3.8, 4) is 0 Å². The summed E-state index contributed by atoms with van der Waals surface area (Å²) < 4.78 is 0. The first-order valence-corrected chi connectivity index (χ1v) is 7.78. The lowest BCUT2D eigenvalue weighted by atomic mass is 9.84. The third-order valence-electron chi connectivity index (χ3n) is 4.61. The van der Waals surface area contributed by atoms with Crippen LogP contribution in [0.4, 0.5) is 0 Å². The minimum atomic E-state index is -0.0867. The summed E-state index contributed by atoms with van der Waals surface area (Å²) in [5.74, 6) is 0. The van der Waals surface area contributed by atoms with Gasteiger partial charge in [-0.05, 0) is 60.7 Å². The first kappa shape index (κ1) is 14.8. The van der Waals surface area contributed by atoms with E-state index in [1.165, 1.54) is 27.8 Å². The number of fused-ring (bicyclic) bond motifs is 1. The van der Waals surface area contributed by atoms with E-state index in [1.807, 2.05) is 7.05 Å². The number of nitrogens with one attached hydrogen (secondary N) is 1. The van der Waals surface area contributed by atoms with Crippen LogP contribution in [0.2, 0.25) is 0 Å². The van der Waals surface area contributed by atoms with Gasteiger partial charge in [0.25, 0.3) is 0 Å². The molecule has 3 rings (SSSR count). The van der Waals surface area contributed by atoms with Gasteiger partial charge in [0.05, 0.1) is 0 Å². The van der Waals surface area contributed by atoms with Gasteiger partial charge in [-0.25, -0.2) is 0 Å². The van der Waals surface area contributed by atoms with E-state index in [0.29, 0.717) is 0 Å². The van der Waals surface area contributed by atoms with Crippen molar-refractivity contribution in [1.82, 2.24) is 5.32 Å². The van der Waals surface area contributed by atoms with E-state index in [-0.39, 0.29) is 5.54 Å². The summed E-state index contributed by atoms with van der Waals surface area (Å²) in [7, 11) is 2.00. The molecule has 0 spiro atoms. The molecule has 2 aliphatic carbocycles. The molecule has 0 unspecified atom stereocenters. The minimum absolute atomic E-state index is 0.0867. The molecule has 2 aliphatic rings. The molecule has 1 nitrogen and oxygen atoms in total. The maximum absolute atomic E-state index is 4.19. The van der Waals surface area contributed by atoms with Crippen LogP contribution in [-0.2, 0) is 6.42 Å². The summed E-state index contributed by atoms with van der Waals surface area (Å²) in [5.41, 5.74) is 7.56. The van der Waals surface area contributed by atoms with Gasteiger partial charge in [0.15, 0.2) is 0 Å². The molecular weight excluding hydrogens is 266 g/mol. The number of benzene rings is 1. The van der Waals surface area contributed by atoms with Crippen molar-refractivity contribution < 1.29 is 0 Å². The van der Waals surface area contributed by atoms with E-state index >= 15 is 0 Å². The zero-order chi connectivity index (χ0) is 15.7. The second-order valence-corrected chi connectivity index (χ2v) is 6.53. The molecule has 0 amide bonds. The quantitative estimate of drug-likeness (QED) is 0.833. The van der Waals surface area contributed by atoms with E-state index in [1.54, 1.807) is 0 Å². The highest BCUT2D eigenvalue weighted by atomic mass is 14.9. The summed E-state index contributed by atoms with van der Waals surface area (Å²) in [6, 6.07) is 6.50.